The molecule has 12 heteroatoms. The molecular formula is C25H26N8O4. The summed E-state index contributed by atoms with van der Waals surface area (Å²) in [6, 6.07) is 9.67. The Kier molecular flexibility index (Phi) is 7.00. The van der Waals surface area contributed by atoms with Crippen LogP contribution in [0.25, 0.3) is 5.95 Å². The Morgan fingerprint density at radius 2 is 1.84 bits per heavy atom. The van der Waals surface area contributed by atoms with Gasteiger partial charge < -0.3 is 20.5 Å². The predicted molar refractivity (Wildman–Crippen MR) is 136 cm³/mol. The van der Waals surface area contributed by atoms with Gasteiger partial charge in [-0.1, -0.05) is 0 Å². The lowest BCUT2D eigenvalue weighted by Crippen LogP contribution is -2.18. The van der Waals surface area contributed by atoms with E-state index >= 15 is 0 Å². The van der Waals surface area contributed by atoms with Crippen molar-refractivity contribution in [1.29, 1.82) is 5.41 Å². The van der Waals surface area contributed by atoms with E-state index in [-0.39, 0.29) is 23.1 Å². The number of carbonyl (C=O) groups is 1. The van der Waals surface area contributed by atoms with Crippen LogP contribution in [0.15, 0.2) is 53.6 Å². The lowest BCUT2D eigenvalue weighted by molar-refractivity contribution is -0.131. The van der Waals surface area contributed by atoms with Crippen molar-refractivity contribution < 1.29 is 14.3 Å². The summed E-state index contributed by atoms with van der Waals surface area (Å²) in [5.41, 5.74) is 8.52. The number of ether oxygens (including phenoxy) is 2. The minimum absolute atomic E-state index is 0.124. The number of aromatic nitrogens is 5. The van der Waals surface area contributed by atoms with Crippen LogP contribution in [-0.2, 0) is 4.79 Å². The molecule has 2 aromatic carbocycles. The van der Waals surface area contributed by atoms with Gasteiger partial charge in [-0.05, 0) is 60.9 Å². The SMILES string of the molecule is COc1c(C)cc(C(Nc2ccc(C(=N)N)c(OC(C)=O)c2)c2nn(-c3ncccn3)c(=O)[nH]2)cc1C. The van der Waals surface area contributed by atoms with E-state index in [2.05, 4.69) is 25.4 Å². The summed E-state index contributed by atoms with van der Waals surface area (Å²) < 4.78 is 11.9. The van der Waals surface area contributed by atoms with Gasteiger partial charge in [0.05, 0.1) is 12.7 Å². The number of hydrogen-bond acceptors (Lipinski definition) is 9. The van der Waals surface area contributed by atoms with Crippen LogP contribution in [0.5, 0.6) is 11.5 Å². The van der Waals surface area contributed by atoms with Crippen molar-refractivity contribution in [2.45, 2.75) is 26.8 Å². The highest BCUT2D eigenvalue weighted by molar-refractivity contribution is 5.98. The molecule has 0 aliphatic rings. The molecule has 1 atom stereocenters. The van der Waals surface area contributed by atoms with Crippen molar-refractivity contribution in [3.63, 3.8) is 0 Å². The number of aromatic amines is 1. The van der Waals surface area contributed by atoms with Gasteiger partial charge >= 0.3 is 11.7 Å². The van der Waals surface area contributed by atoms with E-state index in [1.165, 1.54) is 19.3 Å². The first kappa shape index (κ1) is 25.1. The Hall–Kier alpha value is -5.00. The van der Waals surface area contributed by atoms with Crippen LogP contribution in [-0.4, -0.2) is 43.6 Å². The molecule has 0 fully saturated rings. The van der Waals surface area contributed by atoms with Gasteiger partial charge in [0.25, 0.3) is 5.95 Å². The monoisotopic (exact) mass is 502 g/mol. The summed E-state index contributed by atoms with van der Waals surface area (Å²) in [6.45, 7) is 5.11. The number of aryl methyl sites for hydroxylation is 2. The van der Waals surface area contributed by atoms with Gasteiger partial charge in [0.2, 0.25) is 0 Å². The molecule has 0 aliphatic carbocycles. The molecule has 190 valence electrons. The molecule has 2 heterocycles. The molecule has 37 heavy (non-hydrogen) atoms. The minimum atomic E-state index is -0.644. The first-order valence-electron chi connectivity index (χ1n) is 11.2. The molecule has 1 unspecified atom stereocenters. The van der Waals surface area contributed by atoms with Crippen molar-refractivity contribution >= 4 is 17.5 Å². The number of nitrogens with one attached hydrogen (secondary N) is 3. The average Bonchev–Trinajstić information content (AvgIpc) is 3.23. The molecule has 0 saturated carbocycles. The maximum Gasteiger partial charge on any atom is 0.350 e. The van der Waals surface area contributed by atoms with E-state index < -0.39 is 17.7 Å². The maximum atomic E-state index is 12.8. The van der Waals surface area contributed by atoms with E-state index in [1.54, 1.807) is 31.4 Å². The van der Waals surface area contributed by atoms with Gasteiger partial charge in [-0.25, -0.2) is 14.8 Å². The molecule has 2 aromatic heterocycles. The number of benzene rings is 2. The number of rotatable bonds is 8. The van der Waals surface area contributed by atoms with Crippen LogP contribution in [0, 0.1) is 19.3 Å². The number of amidine groups is 1. The Morgan fingerprint density at radius 1 is 1.16 bits per heavy atom. The highest BCUT2D eigenvalue weighted by atomic mass is 16.5. The lowest BCUT2D eigenvalue weighted by atomic mass is 9.99. The molecule has 0 saturated heterocycles. The van der Waals surface area contributed by atoms with Gasteiger partial charge in [-0.3, -0.25) is 15.2 Å². The average molecular weight is 503 g/mol. The Bertz CT molecular complexity index is 1500. The Balaban J connectivity index is 1.83. The second kappa shape index (κ2) is 10.3. The molecule has 0 spiro atoms. The molecule has 0 bridgehead atoms. The fourth-order valence-electron chi connectivity index (χ4n) is 4.03. The highest BCUT2D eigenvalue weighted by Gasteiger charge is 2.23. The summed E-state index contributed by atoms with van der Waals surface area (Å²) in [5.74, 6) is 0.504. The van der Waals surface area contributed by atoms with Crippen molar-refractivity contribution in [3.8, 4) is 17.4 Å². The zero-order chi connectivity index (χ0) is 26.7. The van der Waals surface area contributed by atoms with Crippen molar-refractivity contribution in [2.24, 2.45) is 5.73 Å². The molecule has 0 amide bonds. The van der Waals surface area contributed by atoms with Crippen molar-refractivity contribution in [1.82, 2.24) is 24.7 Å². The topological polar surface area (TPSA) is 174 Å². The number of hydrogen-bond donors (Lipinski definition) is 4. The van der Waals surface area contributed by atoms with E-state index in [4.69, 9.17) is 20.6 Å². The van der Waals surface area contributed by atoms with Crippen molar-refractivity contribution in [2.75, 3.05) is 12.4 Å². The lowest BCUT2D eigenvalue weighted by Gasteiger charge is -2.21. The number of H-pyrrole nitrogens is 1. The zero-order valence-corrected chi connectivity index (χ0v) is 20.7. The normalized spacial score (nSPS) is 11.6. The second-order valence-corrected chi connectivity index (χ2v) is 8.26. The molecule has 4 rings (SSSR count). The quantitative estimate of drug-likeness (QED) is 0.122. The molecule has 0 radical (unpaired) electrons. The summed E-state index contributed by atoms with van der Waals surface area (Å²) in [7, 11) is 1.61. The first-order valence-corrected chi connectivity index (χ1v) is 11.2. The first-order chi connectivity index (χ1) is 17.7. The third-order valence-electron chi connectivity index (χ3n) is 5.51. The smallest absolute Gasteiger partial charge is 0.350 e. The van der Waals surface area contributed by atoms with Crippen LogP contribution in [0.4, 0.5) is 5.69 Å². The summed E-state index contributed by atoms with van der Waals surface area (Å²) in [6.07, 6.45) is 3.03. The van der Waals surface area contributed by atoms with E-state index in [1.807, 2.05) is 26.0 Å². The van der Waals surface area contributed by atoms with Crippen molar-refractivity contribution in [3.05, 3.63) is 87.4 Å². The summed E-state index contributed by atoms with van der Waals surface area (Å²) in [5, 5.41) is 15.6. The van der Waals surface area contributed by atoms with Gasteiger partial charge in [0.1, 0.15) is 23.4 Å². The Morgan fingerprint density at radius 3 is 2.43 bits per heavy atom. The second-order valence-electron chi connectivity index (χ2n) is 8.26. The van der Waals surface area contributed by atoms with E-state index in [9.17, 15) is 9.59 Å². The number of nitrogens with zero attached hydrogens (tertiary/aromatic N) is 4. The molecular weight excluding hydrogens is 476 g/mol. The molecule has 5 N–H and O–H groups in total. The standard InChI is InChI=1S/C25H26N8O4/c1-13-10-16(11-14(2)21(13)36-4)20(23-31-25(35)33(32-23)24-28-8-5-9-29-24)30-17-6-7-18(22(26)27)19(12-17)37-15(3)34/h5-12,20,30H,1-4H3,(H3,26,27)(H,31,32,35). The third-order valence-corrected chi connectivity index (χ3v) is 5.51. The fourth-order valence-corrected chi connectivity index (χ4v) is 4.03. The van der Waals surface area contributed by atoms with Crippen LogP contribution in [0.2, 0.25) is 0 Å². The maximum absolute atomic E-state index is 12.8. The van der Waals surface area contributed by atoms with Crippen LogP contribution in [0.3, 0.4) is 0 Å². The molecule has 0 aliphatic heterocycles. The van der Waals surface area contributed by atoms with Gasteiger partial charge in [-0.2, -0.15) is 0 Å². The molecule has 12 nitrogen and oxygen atoms in total. The largest absolute Gasteiger partial charge is 0.496 e. The van der Waals surface area contributed by atoms with Gasteiger partial charge in [-0.15, -0.1) is 9.78 Å². The van der Waals surface area contributed by atoms with E-state index in [0.29, 0.717) is 11.5 Å². The Labute approximate surface area is 212 Å². The number of esters is 1. The number of nitrogen functional groups attached to an aromatic ring is 1. The predicted octanol–water partition coefficient (Wildman–Crippen LogP) is 2.39. The highest BCUT2D eigenvalue weighted by Crippen LogP contribution is 2.32. The van der Waals surface area contributed by atoms with Gasteiger partial charge in [0.15, 0.2) is 5.82 Å². The summed E-state index contributed by atoms with van der Waals surface area (Å²) in [4.78, 5) is 35.4. The van der Waals surface area contributed by atoms with Gasteiger partial charge in [0, 0.05) is 31.1 Å². The third kappa shape index (κ3) is 5.32. The zero-order valence-electron chi connectivity index (χ0n) is 20.7. The number of anilines is 1. The minimum Gasteiger partial charge on any atom is -0.496 e. The van der Waals surface area contributed by atoms with Crippen LogP contribution >= 0.6 is 0 Å². The number of carbonyl (C=O) groups excluding carboxylic acids is 1. The van der Waals surface area contributed by atoms with Crippen LogP contribution < -0.4 is 26.2 Å². The summed E-state index contributed by atoms with van der Waals surface area (Å²) >= 11 is 0. The molecule has 4 aromatic rings. The number of nitrogens with two attached hydrogens (primary N) is 1. The van der Waals surface area contributed by atoms with E-state index in [0.717, 1.165) is 27.1 Å². The fraction of sp³-hybridized carbons (Fsp3) is 0.200. The number of methoxy groups -OCH3 is 1. The van der Waals surface area contributed by atoms with Crippen LogP contribution in [0.1, 0.15) is 41.0 Å².